The first-order chi connectivity index (χ1) is 9.20. The van der Waals surface area contributed by atoms with Gasteiger partial charge in [0.25, 0.3) is 0 Å². The Morgan fingerprint density at radius 3 is 2.30 bits per heavy atom. The molecule has 4 heteroatoms. The zero-order valence-corrected chi connectivity index (χ0v) is 13.9. The Hall–Kier alpha value is -0.210. The lowest BCUT2D eigenvalue weighted by molar-refractivity contribution is 0.319. The fraction of sp³-hybridized carbons (Fsp3) is 0.500. The van der Waals surface area contributed by atoms with E-state index in [-0.39, 0.29) is 12.4 Å². The van der Waals surface area contributed by atoms with Gasteiger partial charge in [-0.05, 0) is 73.4 Å². The van der Waals surface area contributed by atoms with E-state index < -0.39 is 0 Å². The van der Waals surface area contributed by atoms with Crippen LogP contribution in [0.5, 0.6) is 0 Å². The van der Waals surface area contributed by atoms with Gasteiger partial charge in [-0.3, -0.25) is 0 Å². The number of nitrogens with one attached hydrogen (secondary N) is 1. The van der Waals surface area contributed by atoms with Crippen molar-refractivity contribution in [2.75, 3.05) is 13.6 Å². The number of allylic oxidation sites excluding steroid dienone is 1. The Labute approximate surface area is 137 Å². The molecule has 4 rings (SSSR count). The van der Waals surface area contributed by atoms with Crippen LogP contribution in [0.2, 0.25) is 10.0 Å². The molecule has 1 nitrogen and oxygen atoms in total. The summed E-state index contributed by atoms with van der Waals surface area (Å²) in [6.07, 6.45) is 5.36. The number of fused-ring (bicyclic) bond motifs is 2. The van der Waals surface area contributed by atoms with Gasteiger partial charge in [-0.25, -0.2) is 0 Å². The van der Waals surface area contributed by atoms with Crippen LogP contribution in [-0.2, 0) is 0 Å². The van der Waals surface area contributed by atoms with Crippen molar-refractivity contribution in [3.8, 4) is 0 Å². The Balaban J connectivity index is 0.00000147. The largest absolute Gasteiger partial charge is 0.316 e. The van der Waals surface area contributed by atoms with Gasteiger partial charge in [0.05, 0.1) is 10.0 Å². The Bertz CT molecular complexity index is 516. The van der Waals surface area contributed by atoms with Crippen LogP contribution in [0.3, 0.4) is 0 Å². The van der Waals surface area contributed by atoms with Crippen molar-refractivity contribution < 1.29 is 0 Å². The third kappa shape index (κ3) is 2.87. The third-order valence-corrected chi connectivity index (χ3v) is 5.31. The minimum absolute atomic E-state index is 0. The number of benzene rings is 1. The molecular weight excluding hydrogens is 313 g/mol. The number of rotatable bonds is 3. The first kappa shape index (κ1) is 16.2. The molecule has 1 aromatic carbocycles. The maximum Gasteiger partial charge on any atom is 0.0598 e. The number of hydrogen-bond donors (Lipinski definition) is 1. The van der Waals surface area contributed by atoms with Crippen molar-refractivity contribution in [1.82, 2.24) is 5.32 Å². The number of halogens is 3. The van der Waals surface area contributed by atoms with Crippen LogP contribution in [0.15, 0.2) is 23.8 Å². The van der Waals surface area contributed by atoms with Crippen LogP contribution in [0.1, 0.15) is 31.2 Å². The van der Waals surface area contributed by atoms with Gasteiger partial charge in [-0.15, -0.1) is 12.4 Å². The summed E-state index contributed by atoms with van der Waals surface area (Å²) in [6.45, 7) is 0.997. The SMILES string of the molecule is CNCC1=C(c2ccc(Cl)c(Cl)c2)C2CCC1CC2.Cl. The van der Waals surface area contributed by atoms with Crippen molar-refractivity contribution in [2.45, 2.75) is 25.7 Å². The normalized spacial score (nSPS) is 24.8. The van der Waals surface area contributed by atoms with E-state index >= 15 is 0 Å². The molecule has 20 heavy (non-hydrogen) atoms. The molecule has 1 saturated carbocycles. The first-order valence-corrected chi connectivity index (χ1v) is 7.79. The highest BCUT2D eigenvalue weighted by atomic mass is 35.5. The fourth-order valence-corrected chi connectivity index (χ4v) is 4.03. The van der Waals surface area contributed by atoms with E-state index in [1.54, 1.807) is 5.57 Å². The van der Waals surface area contributed by atoms with Crippen molar-refractivity contribution >= 4 is 41.2 Å². The van der Waals surface area contributed by atoms with E-state index in [0.717, 1.165) is 12.5 Å². The molecule has 0 spiro atoms. The van der Waals surface area contributed by atoms with Gasteiger partial charge in [0.2, 0.25) is 0 Å². The molecule has 0 radical (unpaired) electrons. The van der Waals surface area contributed by atoms with Crippen molar-refractivity contribution in [3.63, 3.8) is 0 Å². The second-order valence-electron chi connectivity index (χ2n) is 5.65. The lowest BCUT2D eigenvalue weighted by Crippen LogP contribution is -2.30. The summed E-state index contributed by atoms with van der Waals surface area (Å²) < 4.78 is 0. The molecular formula is C16H20Cl3N. The summed E-state index contributed by atoms with van der Waals surface area (Å²) in [5, 5.41) is 4.64. The third-order valence-electron chi connectivity index (χ3n) is 4.57. The van der Waals surface area contributed by atoms with E-state index in [1.807, 2.05) is 19.2 Å². The molecule has 1 fully saturated rings. The van der Waals surface area contributed by atoms with E-state index in [2.05, 4.69) is 11.4 Å². The summed E-state index contributed by atoms with van der Waals surface area (Å²) >= 11 is 12.2. The number of hydrogen-bond acceptors (Lipinski definition) is 1. The highest BCUT2D eigenvalue weighted by molar-refractivity contribution is 6.42. The van der Waals surface area contributed by atoms with Gasteiger partial charge in [0, 0.05) is 6.54 Å². The van der Waals surface area contributed by atoms with Gasteiger partial charge in [-0.2, -0.15) is 0 Å². The molecule has 1 N–H and O–H groups in total. The van der Waals surface area contributed by atoms with E-state index in [9.17, 15) is 0 Å². The molecule has 0 amide bonds. The van der Waals surface area contributed by atoms with Gasteiger partial charge >= 0.3 is 0 Å². The van der Waals surface area contributed by atoms with Crippen molar-refractivity contribution in [1.29, 1.82) is 0 Å². The molecule has 110 valence electrons. The topological polar surface area (TPSA) is 12.0 Å². The summed E-state index contributed by atoms with van der Waals surface area (Å²) in [5.41, 5.74) is 4.41. The minimum Gasteiger partial charge on any atom is -0.316 e. The standard InChI is InChI=1S/C16H19Cl2N.ClH/c1-19-9-13-10-2-4-11(5-3-10)16(13)12-6-7-14(17)15(18)8-12;/h6-8,10-11,19H,2-5,9H2,1H3;1H. The van der Waals surface area contributed by atoms with Gasteiger partial charge in [-0.1, -0.05) is 29.3 Å². The second kappa shape index (κ2) is 6.70. The van der Waals surface area contributed by atoms with E-state index in [4.69, 9.17) is 23.2 Å². The molecule has 0 unspecified atom stereocenters. The first-order valence-electron chi connectivity index (χ1n) is 7.03. The average molecular weight is 333 g/mol. The quantitative estimate of drug-likeness (QED) is 0.801. The molecule has 0 aromatic heterocycles. The molecule has 1 aromatic rings. The van der Waals surface area contributed by atoms with Gasteiger partial charge in [0.1, 0.15) is 0 Å². The Kier molecular flexibility index (Phi) is 5.42. The maximum absolute atomic E-state index is 6.19. The van der Waals surface area contributed by atoms with Crippen LogP contribution in [0, 0.1) is 11.8 Å². The predicted octanol–water partition coefficient (Wildman–Crippen LogP) is 5.21. The fourth-order valence-electron chi connectivity index (χ4n) is 3.73. The number of likely N-dealkylation sites (N-methyl/N-ethyl adjacent to an activating group) is 1. The second-order valence-corrected chi connectivity index (χ2v) is 6.46. The molecule has 0 atom stereocenters. The van der Waals surface area contributed by atoms with Crippen LogP contribution < -0.4 is 5.32 Å². The van der Waals surface area contributed by atoms with Crippen molar-refractivity contribution in [3.05, 3.63) is 39.4 Å². The van der Waals surface area contributed by atoms with Crippen molar-refractivity contribution in [2.24, 2.45) is 11.8 Å². The monoisotopic (exact) mass is 331 g/mol. The molecule has 2 bridgehead atoms. The Morgan fingerprint density at radius 2 is 1.70 bits per heavy atom. The highest BCUT2D eigenvalue weighted by Gasteiger charge is 2.35. The van der Waals surface area contributed by atoms with E-state index in [0.29, 0.717) is 16.0 Å². The predicted molar refractivity (Wildman–Crippen MR) is 90.0 cm³/mol. The van der Waals surface area contributed by atoms with Crippen LogP contribution >= 0.6 is 35.6 Å². The molecule has 3 aliphatic rings. The van der Waals surface area contributed by atoms with Crippen LogP contribution in [0.4, 0.5) is 0 Å². The zero-order valence-electron chi connectivity index (χ0n) is 11.6. The van der Waals surface area contributed by atoms with Gasteiger partial charge < -0.3 is 5.32 Å². The summed E-state index contributed by atoms with van der Waals surface area (Å²) in [4.78, 5) is 0. The summed E-state index contributed by atoms with van der Waals surface area (Å²) in [7, 11) is 2.03. The molecule has 0 aliphatic heterocycles. The zero-order chi connectivity index (χ0) is 13.4. The van der Waals surface area contributed by atoms with E-state index in [1.165, 1.54) is 36.8 Å². The average Bonchev–Trinajstić information content (AvgIpc) is 2.44. The minimum atomic E-state index is 0. The lowest BCUT2D eigenvalue weighted by Gasteiger charge is -2.41. The van der Waals surface area contributed by atoms with Crippen LogP contribution in [0.25, 0.3) is 5.57 Å². The Morgan fingerprint density at radius 1 is 1.05 bits per heavy atom. The highest BCUT2D eigenvalue weighted by Crippen LogP contribution is 2.49. The summed E-state index contributed by atoms with van der Waals surface area (Å²) in [5.74, 6) is 1.48. The van der Waals surface area contributed by atoms with Gasteiger partial charge in [0.15, 0.2) is 0 Å². The molecule has 0 heterocycles. The molecule has 3 aliphatic carbocycles. The summed E-state index contributed by atoms with van der Waals surface area (Å²) in [6, 6.07) is 6.08. The van der Waals surface area contributed by atoms with Crippen LogP contribution in [-0.4, -0.2) is 13.6 Å². The molecule has 0 saturated heterocycles. The lowest BCUT2D eigenvalue weighted by atomic mass is 9.65. The maximum atomic E-state index is 6.19. The smallest absolute Gasteiger partial charge is 0.0598 e.